The van der Waals surface area contributed by atoms with Gasteiger partial charge in [0.25, 0.3) is 0 Å². The number of carbonyl (C=O) groups is 1. The molecule has 0 atom stereocenters. The first-order valence-electron chi connectivity index (χ1n) is 8.60. The molecule has 0 aliphatic heterocycles. The number of nitrogens with zero attached hydrogens (tertiary/aromatic N) is 1. The number of hydrogen-bond donors (Lipinski definition) is 3. The Morgan fingerprint density at radius 1 is 1.12 bits per heavy atom. The van der Waals surface area contributed by atoms with Crippen molar-refractivity contribution in [2.24, 2.45) is 5.10 Å². The van der Waals surface area contributed by atoms with Crippen molar-refractivity contribution in [3.8, 4) is 0 Å². The average Bonchev–Trinajstić information content (AvgIpc) is 3.09. The highest BCUT2D eigenvalue weighted by molar-refractivity contribution is 5.99. The summed E-state index contributed by atoms with van der Waals surface area (Å²) in [6.07, 6.45) is 4.65. The number of fused-ring (bicyclic) bond motifs is 1. The molecule has 0 saturated heterocycles. The molecule has 3 aromatic rings. The van der Waals surface area contributed by atoms with Gasteiger partial charge in [0.1, 0.15) is 0 Å². The van der Waals surface area contributed by atoms with Crippen LogP contribution in [0.5, 0.6) is 0 Å². The second-order valence-electron chi connectivity index (χ2n) is 5.96. The fourth-order valence-corrected chi connectivity index (χ4v) is 2.66. The highest BCUT2D eigenvalue weighted by atomic mass is 16.2. The normalized spacial score (nSPS) is 10.9. The molecule has 0 spiro atoms. The van der Waals surface area contributed by atoms with Gasteiger partial charge in [-0.2, -0.15) is 5.10 Å². The molecule has 0 bridgehead atoms. The summed E-state index contributed by atoms with van der Waals surface area (Å²) >= 11 is 0. The van der Waals surface area contributed by atoms with Gasteiger partial charge in [0.15, 0.2) is 0 Å². The number of benzene rings is 2. The molecule has 26 heavy (non-hydrogen) atoms. The van der Waals surface area contributed by atoms with Gasteiger partial charge < -0.3 is 10.3 Å². The molecule has 5 heteroatoms. The molecule has 0 aliphatic rings. The molecule has 0 aliphatic carbocycles. The maximum Gasteiger partial charge on any atom is 0.240 e. The highest BCUT2D eigenvalue weighted by Gasteiger charge is 2.02. The van der Waals surface area contributed by atoms with Gasteiger partial charge in [0.2, 0.25) is 5.91 Å². The fraction of sp³-hybridized carbons (Fsp3) is 0.143. The van der Waals surface area contributed by atoms with Crippen LogP contribution in [0.2, 0.25) is 0 Å². The summed E-state index contributed by atoms with van der Waals surface area (Å²) in [5.41, 5.74) is 6.48. The van der Waals surface area contributed by atoms with Crippen LogP contribution < -0.4 is 10.7 Å². The maximum absolute atomic E-state index is 11.9. The minimum Gasteiger partial charge on any atom is -0.385 e. The largest absolute Gasteiger partial charge is 0.385 e. The quantitative estimate of drug-likeness (QED) is 0.331. The Bertz CT molecular complexity index is 912. The average molecular weight is 346 g/mol. The highest BCUT2D eigenvalue weighted by Crippen LogP contribution is 2.15. The van der Waals surface area contributed by atoms with Crippen molar-refractivity contribution in [3.05, 3.63) is 78.5 Å². The van der Waals surface area contributed by atoms with Crippen LogP contribution in [0.25, 0.3) is 16.6 Å². The van der Waals surface area contributed by atoms with Crippen LogP contribution in [0.1, 0.15) is 24.0 Å². The molecule has 2 aromatic carbocycles. The predicted molar refractivity (Wildman–Crippen MR) is 107 cm³/mol. The van der Waals surface area contributed by atoms with Gasteiger partial charge >= 0.3 is 0 Å². The Hall–Kier alpha value is -3.34. The molecule has 0 unspecified atom stereocenters. The van der Waals surface area contributed by atoms with Crippen LogP contribution in [-0.2, 0) is 4.79 Å². The summed E-state index contributed by atoms with van der Waals surface area (Å²) in [6, 6.07) is 17.9. The molecule has 1 amide bonds. The van der Waals surface area contributed by atoms with E-state index in [1.165, 1.54) is 0 Å². The summed E-state index contributed by atoms with van der Waals surface area (Å²) < 4.78 is 0. The first-order valence-corrected chi connectivity index (χ1v) is 8.60. The van der Waals surface area contributed by atoms with Gasteiger partial charge in [-0.05, 0) is 18.1 Å². The van der Waals surface area contributed by atoms with E-state index in [9.17, 15) is 4.79 Å². The van der Waals surface area contributed by atoms with E-state index in [-0.39, 0.29) is 5.91 Å². The van der Waals surface area contributed by atoms with E-state index in [0.717, 1.165) is 27.7 Å². The summed E-state index contributed by atoms with van der Waals surface area (Å²) in [5, 5.41) is 8.36. The van der Waals surface area contributed by atoms with Crippen LogP contribution in [0.4, 0.5) is 0 Å². The summed E-state index contributed by atoms with van der Waals surface area (Å²) in [6.45, 7) is 4.69. The van der Waals surface area contributed by atoms with Crippen molar-refractivity contribution in [1.82, 2.24) is 15.7 Å². The van der Waals surface area contributed by atoms with Crippen molar-refractivity contribution in [2.45, 2.75) is 12.8 Å². The lowest BCUT2D eigenvalue weighted by Crippen LogP contribution is -2.20. The first kappa shape index (κ1) is 17.5. The molecule has 1 aromatic heterocycles. The molecule has 5 nitrogen and oxygen atoms in total. The lowest BCUT2D eigenvalue weighted by atomic mass is 10.2. The van der Waals surface area contributed by atoms with Crippen molar-refractivity contribution in [3.63, 3.8) is 0 Å². The summed E-state index contributed by atoms with van der Waals surface area (Å²) in [7, 11) is 0. The third kappa shape index (κ3) is 4.60. The standard InChI is InChI=1S/C21H22N4O/c1-16(17-8-3-2-4-9-17)22-13-7-12-21(26)25-24-15-18-14-23-20-11-6-5-10-19(18)20/h2-6,8-11,14-15,22-23H,1,7,12-13H2,(H,25,26)/b24-15-. The number of H-pyrrole nitrogens is 1. The monoisotopic (exact) mass is 346 g/mol. The number of hydrazone groups is 1. The Morgan fingerprint density at radius 2 is 1.88 bits per heavy atom. The number of carbonyl (C=O) groups excluding carboxylic acids is 1. The number of nitrogens with one attached hydrogen (secondary N) is 3. The van der Waals surface area contributed by atoms with Crippen LogP contribution in [0.15, 0.2) is 72.5 Å². The molecule has 3 N–H and O–H groups in total. The topological polar surface area (TPSA) is 69.3 Å². The molecule has 0 fully saturated rings. The van der Waals surface area contributed by atoms with Crippen molar-refractivity contribution < 1.29 is 4.79 Å². The smallest absolute Gasteiger partial charge is 0.240 e. The van der Waals surface area contributed by atoms with Gasteiger partial charge in [-0.1, -0.05) is 55.1 Å². The molecule has 3 rings (SSSR count). The SMILES string of the molecule is C=C(NCCCC(=O)N/N=C\c1c[nH]c2ccccc12)c1ccccc1. The number of aromatic nitrogens is 1. The van der Waals surface area contributed by atoms with Crippen molar-refractivity contribution in [2.75, 3.05) is 6.54 Å². The van der Waals surface area contributed by atoms with Gasteiger partial charge in [-0.3, -0.25) is 4.79 Å². The van der Waals surface area contributed by atoms with E-state index < -0.39 is 0 Å². The van der Waals surface area contributed by atoms with E-state index in [1.807, 2.05) is 60.8 Å². The Balaban J connectivity index is 1.38. The zero-order valence-corrected chi connectivity index (χ0v) is 14.5. The molecule has 0 saturated carbocycles. The van der Waals surface area contributed by atoms with E-state index >= 15 is 0 Å². The predicted octanol–water partition coefficient (Wildman–Crippen LogP) is 3.66. The summed E-state index contributed by atoms with van der Waals surface area (Å²) in [5.74, 6) is -0.104. The van der Waals surface area contributed by atoms with Crippen LogP contribution >= 0.6 is 0 Å². The van der Waals surface area contributed by atoms with Gasteiger partial charge in [-0.25, -0.2) is 5.43 Å². The maximum atomic E-state index is 11.9. The Morgan fingerprint density at radius 3 is 2.73 bits per heavy atom. The number of para-hydroxylation sites is 1. The van der Waals surface area contributed by atoms with Gasteiger partial charge in [0, 0.05) is 41.3 Å². The molecule has 0 radical (unpaired) electrons. The van der Waals surface area contributed by atoms with Crippen LogP contribution in [0, 0.1) is 0 Å². The number of rotatable bonds is 8. The third-order valence-electron chi connectivity index (χ3n) is 4.06. The van der Waals surface area contributed by atoms with Crippen molar-refractivity contribution >= 4 is 28.7 Å². The van der Waals surface area contributed by atoms with E-state index in [2.05, 4.69) is 27.4 Å². The lowest BCUT2D eigenvalue weighted by molar-refractivity contribution is -0.121. The van der Waals surface area contributed by atoms with E-state index in [4.69, 9.17) is 0 Å². The second kappa shape index (κ2) is 8.67. The summed E-state index contributed by atoms with van der Waals surface area (Å²) in [4.78, 5) is 15.0. The van der Waals surface area contributed by atoms with Crippen LogP contribution in [0.3, 0.4) is 0 Å². The number of aromatic amines is 1. The van der Waals surface area contributed by atoms with Crippen LogP contribution in [-0.4, -0.2) is 23.7 Å². The minimum absolute atomic E-state index is 0.104. The number of hydrogen-bond acceptors (Lipinski definition) is 3. The second-order valence-corrected chi connectivity index (χ2v) is 5.96. The zero-order chi connectivity index (χ0) is 18.2. The van der Waals surface area contributed by atoms with Gasteiger partial charge in [-0.15, -0.1) is 0 Å². The lowest BCUT2D eigenvalue weighted by Gasteiger charge is -2.09. The fourth-order valence-electron chi connectivity index (χ4n) is 2.66. The minimum atomic E-state index is -0.104. The van der Waals surface area contributed by atoms with Gasteiger partial charge in [0.05, 0.1) is 6.21 Å². The third-order valence-corrected chi connectivity index (χ3v) is 4.06. The number of amides is 1. The van der Waals surface area contributed by atoms with E-state index in [0.29, 0.717) is 19.4 Å². The first-order chi connectivity index (χ1) is 12.7. The Labute approximate surface area is 152 Å². The molecule has 1 heterocycles. The molecular weight excluding hydrogens is 324 g/mol. The zero-order valence-electron chi connectivity index (χ0n) is 14.5. The van der Waals surface area contributed by atoms with E-state index in [1.54, 1.807) is 6.21 Å². The molecular formula is C21H22N4O. The molecule has 132 valence electrons. The van der Waals surface area contributed by atoms with Crippen molar-refractivity contribution in [1.29, 1.82) is 0 Å². The Kier molecular flexibility index (Phi) is 5.83.